The van der Waals surface area contributed by atoms with Crippen molar-refractivity contribution >= 4 is 47.0 Å². The van der Waals surface area contributed by atoms with Crippen LogP contribution in [0.1, 0.15) is 122 Å². The van der Waals surface area contributed by atoms with Crippen molar-refractivity contribution in [2.45, 2.75) is 149 Å². The molecule has 15 nitrogen and oxygen atoms in total. The van der Waals surface area contributed by atoms with Crippen molar-refractivity contribution in [3.8, 4) is 10.4 Å². The Morgan fingerprint density at radius 2 is 1.63 bits per heavy atom. The summed E-state index contributed by atoms with van der Waals surface area (Å²) >= 11 is 1.57. The molecule has 6 amide bonds. The lowest BCUT2D eigenvalue weighted by atomic mass is 9.85. The summed E-state index contributed by atoms with van der Waals surface area (Å²) in [5.74, 6) is -2.09. The zero-order valence-electron chi connectivity index (χ0n) is 37.3. The molecule has 1 aliphatic rings. The van der Waals surface area contributed by atoms with Crippen LogP contribution in [0, 0.1) is 12.3 Å². The van der Waals surface area contributed by atoms with Gasteiger partial charge in [0.2, 0.25) is 29.5 Å². The molecule has 1 saturated heterocycles. The fourth-order valence-corrected chi connectivity index (χ4v) is 8.06. The molecule has 7 N–H and O–H groups in total. The Labute approximate surface area is 369 Å². The Kier molecular flexibility index (Phi) is 17.6. The number of β-amino-alcohol motifs (C(OH)–C–C–N with tert-alkyl or cyclic N) is 1. The van der Waals surface area contributed by atoms with Gasteiger partial charge in [-0.05, 0) is 88.0 Å². The van der Waals surface area contributed by atoms with Gasteiger partial charge in [0, 0.05) is 32.4 Å². The zero-order valence-corrected chi connectivity index (χ0v) is 38.2. The normalized spacial score (nSPS) is 16.8. The first-order valence-electron chi connectivity index (χ1n) is 21.3. The molecule has 338 valence electrons. The van der Waals surface area contributed by atoms with Crippen molar-refractivity contribution in [1.82, 2.24) is 31.2 Å². The summed E-state index contributed by atoms with van der Waals surface area (Å²) in [6, 6.07) is 12.5. The number of likely N-dealkylation sites (tertiary alicyclic amines) is 1. The number of primary amides is 1. The predicted octanol–water partition coefficient (Wildman–Crippen LogP) is 5.37. The zero-order chi connectivity index (χ0) is 45.8. The Balaban J connectivity index is 1.25. The number of hydrogen-bond donors (Lipinski definition) is 6. The number of amides is 6. The predicted molar refractivity (Wildman–Crippen MR) is 238 cm³/mol. The number of nitrogens with one attached hydrogen (secondary N) is 4. The van der Waals surface area contributed by atoms with Gasteiger partial charge >= 0.3 is 6.09 Å². The number of aliphatic hydroxyl groups is 1. The van der Waals surface area contributed by atoms with E-state index < -0.39 is 59.1 Å². The number of ether oxygens (including phenoxy) is 1. The van der Waals surface area contributed by atoms with Gasteiger partial charge < -0.3 is 41.7 Å². The van der Waals surface area contributed by atoms with E-state index in [-0.39, 0.29) is 56.6 Å². The third-order valence-electron chi connectivity index (χ3n) is 10.6. The number of rotatable bonds is 19. The maximum Gasteiger partial charge on any atom is 0.408 e. The van der Waals surface area contributed by atoms with E-state index in [0.29, 0.717) is 6.42 Å². The van der Waals surface area contributed by atoms with Crippen LogP contribution in [-0.4, -0.2) is 87.0 Å². The molecule has 0 aliphatic carbocycles. The summed E-state index contributed by atoms with van der Waals surface area (Å²) in [5.41, 5.74) is 10.5. The molecule has 1 aromatic heterocycles. The molecule has 1 fully saturated rings. The molecule has 2 heterocycles. The van der Waals surface area contributed by atoms with E-state index in [1.54, 1.807) is 32.1 Å². The quantitative estimate of drug-likeness (QED) is 0.0852. The third-order valence-corrected chi connectivity index (χ3v) is 11.6. The number of carbonyl (C=O) groups excluding carboxylic acids is 6. The molecular weight excluding hydrogens is 811 g/mol. The Morgan fingerprint density at radius 1 is 0.935 bits per heavy atom. The van der Waals surface area contributed by atoms with Crippen molar-refractivity contribution in [2.24, 2.45) is 11.1 Å². The Morgan fingerprint density at radius 3 is 2.26 bits per heavy atom. The van der Waals surface area contributed by atoms with Crippen LogP contribution >= 0.6 is 11.3 Å². The highest BCUT2D eigenvalue weighted by molar-refractivity contribution is 7.13. The van der Waals surface area contributed by atoms with Crippen LogP contribution in [0.25, 0.3) is 10.4 Å². The number of aromatic nitrogens is 1. The summed E-state index contributed by atoms with van der Waals surface area (Å²) < 4.78 is 5.27. The molecule has 4 rings (SSSR count). The SMILES string of the molecule is Cc1ncsc1-c1ccc([C@H](C)NC(=O)[C@@H]2C[C@@H](O)CN2C(=O)[C@@H](NC(=O)CCCCCc2cccc(CNC(=O)[C@H](CCC(N)=O)NC(=O)OC(C)(C)C)c2)C(C)(C)C)cc1. The summed E-state index contributed by atoms with van der Waals surface area (Å²) in [7, 11) is 0. The fraction of sp³-hybridized carbons (Fsp3) is 0.543. The van der Waals surface area contributed by atoms with E-state index in [2.05, 4.69) is 26.3 Å². The topological polar surface area (TPSA) is 222 Å². The van der Waals surface area contributed by atoms with Gasteiger partial charge in [-0.25, -0.2) is 9.78 Å². The lowest BCUT2D eigenvalue weighted by molar-refractivity contribution is -0.144. The molecule has 1 aliphatic heterocycles. The van der Waals surface area contributed by atoms with Gasteiger partial charge in [-0.15, -0.1) is 11.3 Å². The Bertz CT molecular complexity index is 2020. The lowest BCUT2D eigenvalue weighted by Crippen LogP contribution is -2.57. The highest BCUT2D eigenvalue weighted by atomic mass is 32.1. The molecule has 16 heteroatoms. The average Bonchev–Trinajstić information content (AvgIpc) is 3.81. The molecule has 2 aromatic carbocycles. The molecular formula is C46H65N7O8S. The van der Waals surface area contributed by atoms with E-state index in [4.69, 9.17) is 10.5 Å². The highest BCUT2D eigenvalue weighted by Gasteiger charge is 2.44. The first-order valence-corrected chi connectivity index (χ1v) is 22.2. The van der Waals surface area contributed by atoms with Crippen LogP contribution < -0.4 is 27.0 Å². The molecule has 0 spiro atoms. The van der Waals surface area contributed by atoms with Crippen LogP contribution in [0.4, 0.5) is 4.79 Å². The minimum absolute atomic E-state index is 0.00694. The van der Waals surface area contributed by atoms with Crippen molar-refractivity contribution in [1.29, 1.82) is 0 Å². The summed E-state index contributed by atoms with van der Waals surface area (Å²) in [6.45, 7) is 14.7. The van der Waals surface area contributed by atoms with Gasteiger partial charge in [0.15, 0.2) is 0 Å². The van der Waals surface area contributed by atoms with Gasteiger partial charge in [0.05, 0.1) is 28.2 Å². The molecule has 0 unspecified atom stereocenters. The van der Waals surface area contributed by atoms with E-state index >= 15 is 0 Å². The van der Waals surface area contributed by atoms with Crippen molar-refractivity contribution in [3.63, 3.8) is 0 Å². The average molecular weight is 876 g/mol. The smallest absolute Gasteiger partial charge is 0.408 e. The monoisotopic (exact) mass is 875 g/mol. The standard InChI is InChI=1S/C46H65N7O8S/c1-28(32-17-19-33(20-18-32)39-29(2)49-27-62-39)50-42(58)36-24-34(54)26-53(36)43(59)40(45(3,4)5)52-38(56)16-11-9-10-13-30-14-12-15-31(23-30)25-48-41(57)35(21-22-37(47)55)51-44(60)61-46(6,7)8/h12,14-15,17-20,23,27-28,34-36,40,54H,9-11,13,16,21-22,24-26H2,1-8H3,(H2,47,55)(H,48,57)(H,50,58)(H,51,60)(H,52,56)/t28-,34+,35-,36-,40+/m0/s1. The van der Waals surface area contributed by atoms with Crippen LogP contribution in [-0.2, 0) is 41.7 Å². The molecule has 3 aromatic rings. The van der Waals surface area contributed by atoms with Crippen molar-refractivity contribution < 1.29 is 38.6 Å². The number of thiazole rings is 1. The van der Waals surface area contributed by atoms with E-state index in [0.717, 1.165) is 52.1 Å². The maximum absolute atomic E-state index is 14.1. The molecule has 0 saturated carbocycles. The number of hydrogen-bond acceptors (Lipinski definition) is 10. The molecule has 62 heavy (non-hydrogen) atoms. The van der Waals surface area contributed by atoms with Crippen LogP contribution in [0.3, 0.4) is 0 Å². The van der Waals surface area contributed by atoms with Gasteiger partial charge in [0.1, 0.15) is 23.7 Å². The van der Waals surface area contributed by atoms with Crippen molar-refractivity contribution in [2.75, 3.05) is 6.54 Å². The first-order chi connectivity index (χ1) is 29.1. The number of aliphatic hydroxyl groups excluding tert-OH is 1. The van der Waals surface area contributed by atoms with Gasteiger partial charge in [-0.2, -0.15) is 0 Å². The molecule has 5 atom stereocenters. The van der Waals surface area contributed by atoms with Crippen LogP contribution in [0.5, 0.6) is 0 Å². The number of unbranched alkanes of at least 4 members (excludes halogenated alkanes) is 2. The summed E-state index contributed by atoms with van der Waals surface area (Å²) in [4.78, 5) is 84.5. The number of aryl methyl sites for hydroxylation is 2. The van der Waals surface area contributed by atoms with Gasteiger partial charge in [-0.3, -0.25) is 24.0 Å². The minimum Gasteiger partial charge on any atom is -0.444 e. The van der Waals surface area contributed by atoms with Crippen molar-refractivity contribution in [3.05, 3.63) is 76.4 Å². The number of nitrogens with two attached hydrogens (primary N) is 1. The van der Waals surface area contributed by atoms with Crippen LogP contribution in [0.15, 0.2) is 54.0 Å². The molecule has 0 bridgehead atoms. The highest BCUT2D eigenvalue weighted by Crippen LogP contribution is 2.30. The number of carbonyl (C=O) groups is 6. The second-order valence-electron chi connectivity index (χ2n) is 18.2. The Hall–Kier alpha value is -5.35. The minimum atomic E-state index is -1.00. The number of benzene rings is 2. The lowest BCUT2D eigenvalue weighted by Gasteiger charge is -2.35. The maximum atomic E-state index is 14.1. The van der Waals surface area contributed by atoms with E-state index in [9.17, 15) is 33.9 Å². The second-order valence-corrected chi connectivity index (χ2v) is 19.0. The van der Waals surface area contributed by atoms with E-state index in [1.807, 2.05) is 88.7 Å². The first kappa shape index (κ1) is 49.3. The third kappa shape index (κ3) is 15.2. The number of nitrogens with zero attached hydrogens (tertiary/aromatic N) is 2. The van der Waals surface area contributed by atoms with E-state index in [1.165, 1.54) is 4.90 Å². The molecule has 0 radical (unpaired) electrons. The second kappa shape index (κ2) is 22.1. The summed E-state index contributed by atoms with van der Waals surface area (Å²) in [6.07, 6.45) is 1.51. The largest absolute Gasteiger partial charge is 0.444 e. The van der Waals surface area contributed by atoms with Crippen LogP contribution in [0.2, 0.25) is 0 Å². The fourth-order valence-electron chi connectivity index (χ4n) is 7.25. The summed E-state index contributed by atoms with van der Waals surface area (Å²) in [5, 5.41) is 22.0. The van der Waals surface area contributed by atoms with Gasteiger partial charge in [0.25, 0.3) is 0 Å². The van der Waals surface area contributed by atoms with Gasteiger partial charge in [-0.1, -0.05) is 75.7 Å². The number of alkyl carbamates (subject to hydrolysis) is 1.